The van der Waals surface area contributed by atoms with Crippen molar-refractivity contribution in [3.05, 3.63) is 35.9 Å². The molecule has 1 aliphatic heterocycles. The van der Waals surface area contributed by atoms with Gasteiger partial charge < -0.3 is 10.1 Å². The van der Waals surface area contributed by atoms with Crippen LogP contribution in [0.4, 0.5) is 0 Å². The molecule has 1 aromatic rings. The first-order chi connectivity index (χ1) is 6.95. The average molecular weight is 191 g/mol. The van der Waals surface area contributed by atoms with Crippen LogP contribution in [0.1, 0.15) is 12.0 Å². The summed E-state index contributed by atoms with van der Waals surface area (Å²) in [6.45, 7) is 2.82. The first-order valence-electron chi connectivity index (χ1n) is 5.30. The molecule has 0 unspecified atom stereocenters. The summed E-state index contributed by atoms with van der Waals surface area (Å²) in [5.74, 6) is 0. The molecule has 1 aromatic carbocycles. The molecule has 0 spiro atoms. The molecule has 1 N–H and O–H groups in total. The molecule has 2 nitrogen and oxygen atoms in total. The Bertz CT molecular complexity index is 252. The molecule has 0 aromatic heterocycles. The standard InChI is InChI=1S/C12H17NO/c1-2-5-11(6-3-1)9-12-10-14-8-4-7-13-12/h1-3,5-6,12-13H,4,7-10H2/t12-/m0/s1. The molecular weight excluding hydrogens is 174 g/mol. The maximum atomic E-state index is 5.52. The minimum atomic E-state index is 0.486. The van der Waals surface area contributed by atoms with Gasteiger partial charge in [-0.05, 0) is 24.9 Å². The molecule has 0 bridgehead atoms. The Kier molecular flexibility index (Phi) is 3.55. The summed E-state index contributed by atoms with van der Waals surface area (Å²) < 4.78 is 5.52. The summed E-state index contributed by atoms with van der Waals surface area (Å²) in [7, 11) is 0. The number of ether oxygens (including phenoxy) is 1. The predicted octanol–water partition coefficient (Wildman–Crippen LogP) is 1.61. The van der Waals surface area contributed by atoms with Crippen LogP contribution in [0.25, 0.3) is 0 Å². The highest BCUT2D eigenvalue weighted by atomic mass is 16.5. The van der Waals surface area contributed by atoms with E-state index in [1.807, 2.05) is 0 Å². The first-order valence-corrected chi connectivity index (χ1v) is 5.30. The lowest BCUT2D eigenvalue weighted by Gasteiger charge is -2.14. The summed E-state index contributed by atoms with van der Waals surface area (Å²) in [6, 6.07) is 11.1. The third-order valence-electron chi connectivity index (χ3n) is 2.54. The average Bonchev–Trinajstić information content (AvgIpc) is 2.48. The van der Waals surface area contributed by atoms with E-state index in [1.165, 1.54) is 5.56 Å². The zero-order valence-corrected chi connectivity index (χ0v) is 8.41. The van der Waals surface area contributed by atoms with E-state index in [0.29, 0.717) is 6.04 Å². The van der Waals surface area contributed by atoms with Crippen LogP contribution < -0.4 is 5.32 Å². The van der Waals surface area contributed by atoms with Gasteiger partial charge in [0.15, 0.2) is 0 Å². The highest BCUT2D eigenvalue weighted by Gasteiger charge is 2.11. The van der Waals surface area contributed by atoms with Gasteiger partial charge in [0.05, 0.1) is 6.61 Å². The van der Waals surface area contributed by atoms with Crippen molar-refractivity contribution in [2.75, 3.05) is 19.8 Å². The van der Waals surface area contributed by atoms with Crippen molar-refractivity contribution < 1.29 is 4.74 Å². The van der Waals surface area contributed by atoms with Crippen LogP contribution >= 0.6 is 0 Å². The molecule has 0 radical (unpaired) electrons. The SMILES string of the molecule is c1ccc(C[C@H]2COCCCN2)cc1. The Hall–Kier alpha value is -0.860. The summed E-state index contributed by atoms with van der Waals surface area (Å²) in [6.07, 6.45) is 2.20. The second-order valence-electron chi connectivity index (χ2n) is 3.77. The molecule has 1 atom stereocenters. The normalized spacial score (nSPS) is 23.0. The predicted molar refractivity (Wildman–Crippen MR) is 57.4 cm³/mol. The van der Waals surface area contributed by atoms with Crippen molar-refractivity contribution in [2.45, 2.75) is 18.9 Å². The summed E-state index contributed by atoms with van der Waals surface area (Å²) in [5.41, 5.74) is 1.38. The molecule has 1 aliphatic rings. The second-order valence-corrected chi connectivity index (χ2v) is 3.77. The number of benzene rings is 1. The lowest BCUT2D eigenvalue weighted by atomic mass is 10.1. The van der Waals surface area contributed by atoms with Crippen LogP contribution in [0.2, 0.25) is 0 Å². The van der Waals surface area contributed by atoms with E-state index in [0.717, 1.165) is 32.6 Å². The molecule has 1 fully saturated rings. The summed E-state index contributed by atoms with van der Waals surface area (Å²) in [5, 5.41) is 3.51. The Labute approximate surface area is 85.3 Å². The van der Waals surface area contributed by atoms with Gasteiger partial charge in [0.2, 0.25) is 0 Å². The van der Waals surface area contributed by atoms with Crippen LogP contribution in [0.15, 0.2) is 30.3 Å². The molecule has 0 amide bonds. The topological polar surface area (TPSA) is 21.3 Å². The highest BCUT2D eigenvalue weighted by Crippen LogP contribution is 2.05. The molecule has 14 heavy (non-hydrogen) atoms. The fourth-order valence-corrected chi connectivity index (χ4v) is 1.79. The van der Waals surface area contributed by atoms with Gasteiger partial charge in [0, 0.05) is 12.6 Å². The summed E-state index contributed by atoms with van der Waals surface area (Å²) >= 11 is 0. The molecule has 1 saturated heterocycles. The minimum absolute atomic E-state index is 0.486. The molecular formula is C12H17NO. The van der Waals surface area contributed by atoms with Crippen molar-refractivity contribution in [3.8, 4) is 0 Å². The maximum absolute atomic E-state index is 5.52. The number of hydrogen-bond acceptors (Lipinski definition) is 2. The Morgan fingerprint density at radius 2 is 2.14 bits per heavy atom. The van der Waals surface area contributed by atoms with Crippen LogP contribution in [-0.2, 0) is 11.2 Å². The molecule has 2 rings (SSSR count). The third kappa shape index (κ3) is 2.82. The van der Waals surface area contributed by atoms with E-state index in [-0.39, 0.29) is 0 Å². The van der Waals surface area contributed by atoms with Crippen molar-refractivity contribution in [2.24, 2.45) is 0 Å². The number of nitrogens with one attached hydrogen (secondary N) is 1. The van der Waals surface area contributed by atoms with Gasteiger partial charge in [-0.3, -0.25) is 0 Å². The quantitative estimate of drug-likeness (QED) is 0.766. The first kappa shape index (κ1) is 9.69. The number of rotatable bonds is 2. The molecule has 0 saturated carbocycles. The van der Waals surface area contributed by atoms with Crippen molar-refractivity contribution >= 4 is 0 Å². The molecule has 2 heteroatoms. The van der Waals surface area contributed by atoms with Gasteiger partial charge >= 0.3 is 0 Å². The van der Waals surface area contributed by atoms with Crippen LogP contribution in [0, 0.1) is 0 Å². The summed E-state index contributed by atoms with van der Waals surface area (Å²) in [4.78, 5) is 0. The van der Waals surface area contributed by atoms with E-state index in [1.54, 1.807) is 0 Å². The van der Waals surface area contributed by atoms with Gasteiger partial charge in [-0.25, -0.2) is 0 Å². The van der Waals surface area contributed by atoms with E-state index in [2.05, 4.69) is 35.6 Å². The maximum Gasteiger partial charge on any atom is 0.0622 e. The van der Waals surface area contributed by atoms with Crippen molar-refractivity contribution in [1.29, 1.82) is 0 Å². The monoisotopic (exact) mass is 191 g/mol. The van der Waals surface area contributed by atoms with Gasteiger partial charge in [0.25, 0.3) is 0 Å². The lowest BCUT2D eigenvalue weighted by Crippen LogP contribution is -2.33. The minimum Gasteiger partial charge on any atom is -0.380 e. The Balaban J connectivity index is 1.90. The van der Waals surface area contributed by atoms with Crippen molar-refractivity contribution in [3.63, 3.8) is 0 Å². The molecule has 1 heterocycles. The fourth-order valence-electron chi connectivity index (χ4n) is 1.79. The molecule has 76 valence electrons. The largest absolute Gasteiger partial charge is 0.380 e. The van der Waals surface area contributed by atoms with E-state index < -0.39 is 0 Å². The fraction of sp³-hybridized carbons (Fsp3) is 0.500. The van der Waals surface area contributed by atoms with Gasteiger partial charge in [-0.1, -0.05) is 30.3 Å². The van der Waals surface area contributed by atoms with E-state index >= 15 is 0 Å². The van der Waals surface area contributed by atoms with Gasteiger partial charge in [-0.15, -0.1) is 0 Å². The Morgan fingerprint density at radius 1 is 1.29 bits per heavy atom. The van der Waals surface area contributed by atoms with Gasteiger partial charge in [0.1, 0.15) is 0 Å². The highest BCUT2D eigenvalue weighted by molar-refractivity contribution is 5.15. The van der Waals surface area contributed by atoms with Crippen LogP contribution in [-0.4, -0.2) is 25.8 Å². The van der Waals surface area contributed by atoms with E-state index in [4.69, 9.17) is 4.74 Å². The third-order valence-corrected chi connectivity index (χ3v) is 2.54. The molecule has 0 aliphatic carbocycles. The van der Waals surface area contributed by atoms with Crippen LogP contribution in [0.5, 0.6) is 0 Å². The zero-order valence-electron chi connectivity index (χ0n) is 8.41. The van der Waals surface area contributed by atoms with Crippen molar-refractivity contribution in [1.82, 2.24) is 5.32 Å². The Morgan fingerprint density at radius 3 is 3.00 bits per heavy atom. The second kappa shape index (κ2) is 5.13. The lowest BCUT2D eigenvalue weighted by molar-refractivity contribution is 0.131. The van der Waals surface area contributed by atoms with Crippen LogP contribution in [0.3, 0.4) is 0 Å². The van der Waals surface area contributed by atoms with E-state index in [9.17, 15) is 0 Å². The zero-order chi connectivity index (χ0) is 9.64. The number of hydrogen-bond donors (Lipinski definition) is 1. The smallest absolute Gasteiger partial charge is 0.0622 e. The van der Waals surface area contributed by atoms with Gasteiger partial charge in [-0.2, -0.15) is 0 Å².